The first-order valence-electron chi connectivity index (χ1n) is 5.87. The number of carbonyl (C=O) groups is 1. The largest absolute Gasteiger partial charge is 0.478 e. The quantitative estimate of drug-likeness (QED) is 0.697. The summed E-state index contributed by atoms with van der Waals surface area (Å²) in [5.41, 5.74) is 3.11. The zero-order chi connectivity index (χ0) is 14.8. The molecule has 110 valence electrons. The molecule has 0 aromatic heterocycles. The van der Waals surface area contributed by atoms with Crippen molar-refractivity contribution < 1.29 is 23.1 Å². The van der Waals surface area contributed by atoms with Crippen molar-refractivity contribution in [1.82, 2.24) is 5.01 Å². The van der Waals surface area contributed by atoms with Crippen LogP contribution >= 0.6 is 0 Å². The third kappa shape index (κ3) is 3.45. The minimum atomic E-state index is -3.93. The van der Waals surface area contributed by atoms with E-state index in [2.05, 4.69) is 5.43 Å². The topological polar surface area (TPSA) is 122 Å². The van der Waals surface area contributed by atoms with Crippen LogP contribution < -0.4 is 10.6 Å². The molecule has 20 heavy (non-hydrogen) atoms. The van der Waals surface area contributed by atoms with E-state index in [0.29, 0.717) is 32.0 Å². The molecule has 9 heteroatoms. The summed E-state index contributed by atoms with van der Waals surface area (Å²) in [5, 5.41) is 16.0. The van der Waals surface area contributed by atoms with Crippen LogP contribution in [0.4, 0.5) is 5.69 Å². The standard InChI is InChI=1S/C11H15N3O5S/c12-20(17,18)8-1-2-10(9(7-8)11(15)16)13-14-3-5-19-6-4-14/h1-2,7,13H,3-6H2,(H,15,16)(H2,12,17,18). The van der Waals surface area contributed by atoms with E-state index in [-0.39, 0.29) is 10.5 Å². The molecule has 1 heterocycles. The molecule has 1 aromatic rings. The number of nitrogens with one attached hydrogen (secondary N) is 1. The smallest absolute Gasteiger partial charge is 0.337 e. The normalized spacial score (nSPS) is 16.9. The molecule has 2 rings (SSSR count). The lowest BCUT2D eigenvalue weighted by Crippen LogP contribution is -2.40. The predicted molar refractivity (Wildman–Crippen MR) is 70.8 cm³/mol. The van der Waals surface area contributed by atoms with Crippen molar-refractivity contribution in [2.24, 2.45) is 5.14 Å². The number of ether oxygens (including phenoxy) is 1. The Labute approximate surface area is 116 Å². The number of carboxylic acids is 1. The maximum Gasteiger partial charge on any atom is 0.337 e. The Hall–Kier alpha value is -1.68. The van der Waals surface area contributed by atoms with Gasteiger partial charge in [0, 0.05) is 13.1 Å². The zero-order valence-electron chi connectivity index (χ0n) is 10.6. The molecule has 0 unspecified atom stereocenters. The van der Waals surface area contributed by atoms with Crippen molar-refractivity contribution in [3.8, 4) is 0 Å². The van der Waals surface area contributed by atoms with E-state index in [0.717, 1.165) is 6.07 Å². The molecular formula is C11H15N3O5S. The summed E-state index contributed by atoms with van der Waals surface area (Å²) >= 11 is 0. The summed E-state index contributed by atoms with van der Waals surface area (Å²) in [4.78, 5) is 11.0. The van der Waals surface area contributed by atoms with Gasteiger partial charge in [0.2, 0.25) is 10.0 Å². The van der Waals surface area contributed by atoms with Gasteiger partial charge in [0.15, 0.2) is 0 Å². The second-order valence-corrected chi connectivity index (χ2v) is 5.83. The number of nitrogens with two attached hydrogens (primary N) is 1. The van der Waals surface area contributed by atoms with Crippen molar-refractivity contribution in [3.05, 3.63) is 23.8 Å². The molecule has 0 aliphatic carbocycles. The third-order valence-electron chi connectivity index (χ3n) is 2.84. The molecule has 1 aromatic carbocycles. The number of anilines is 1. The van der Waals surface area contributed by atoms with E-state index in [1.54, 1.807) is 0 Å². The van der Waals surface area contributed by atoms with Gasteiger partial charge in [-0.05, 0) is 18.2 Å². The van der Waals surface area contributed by atoms with Crippen LogP contribution in [0.2, 0.25) is 0 Å². The molecule has 1 fully saturated rings. The Morgan fingerprint density at radius 3 is 2.55 bits per heavy atom. The van der Waals surface area contributed by atoms with Gasteiger partial charge >= 0.3 is 5.97 Å². The SMILES string of the molecule is NS(=O)(=O)c1ccc(NN2CCOCC2)c(C(=O)O)c1. The Balaban J connectivity index is 2.30. The van der Waals surface area contributed by atoms with Gasteiger partial charge in [0.1, 0.15) is 0 Å². The number of carboxylic acid groups (broad SMARTS) is 1. The molecule has 0 spiro atoms. The minimum Gasteiger partial charge on any atom is -0.478 e. The molecule has 0 amide bonds. The first-order chi connectivity index (χ1) is 9.38. The Bertz CT molecular complexity index is 610. The summed E-state index contributed by atoms with van der Waals surface area (Å²) in [6.45, 7) is 2.31. The molecule has 1 aliphatic heterocycles. The van der Waals surface area contributed by atoms with Crippen molar-refractivity contribution in [2.45, 2.75) is 4.90 Å². The first-order valence-corrected chi connectivity index (χ1v) is 7.42. The fraction of sp³-hybridized carbons (Fsp3) is 0.364. The highest BCUT2D eigenvalue weighted by atomic mass is 32.2. The van der Waals surface area contributed by atoms with Gasteiger partial charge in [-0.2, -0.15) is 0 Å². The number of nitrogens with zero attached hydrogens (tertiary/aromatic N) is 1. The first kappa shape index (κ1) is 14.7. The maximum atomic E-state index is 11.2. The van der Waals surface area contributed by atoms with E-state index < -0.39 is 16.0 Å². The Kier molecular flexibility index (Phi) is 4.23. The number of benzene rings is 1. The van der Waals surface area contributed by atoms with Crippen molar-refractivity contribution >= 4 is 21.7 Å². The number of primary sulfonamides is 1. The van der Waals surface area contributed by atoms with Gasteiger partial charge < -0.3 is 15.3 Å². The molecule has 0 saturated carbocycles. The summed E-state index contributed by atoms with van der Waals surface area (Å²) in [6, 6.07) is 3.70. The lowest BCUT2D eigenvalue weighted by Gasteiger charge is -2.28. The minimum absolute atomic E-state index is 0.150. The fourth-order valence-electron chi connectivity index (χ4n) is 1.82. The number of hydrogen-bond donors (Lipinski definition) is 3. The molecule has 1 saturated heterocycles. The van der Waals surface area contributed by atoms with Gasteiger partial charge in [-0.1, -0.05) is 0 Å². The molecule has 0 atom stereocenters. The molecule has 4 N–H and O–H groups in total. The second kappa shape index (κ2) is 5.75. The highest BCUT2D eigenvalue weighted by Crippen LogP contribution is 2.21. The molecule has 1 aliphatic rings. The van der Waals surface area contributed by atoms with Gasteiger partial charge in [0.25, 0.3) is 0 Å². The average molecular weight is 301 g/mol. The summed E-state index contributed by atoms with van der Waals surface area (Å²) in [5.74, 6) is -1.23. The van der Waals surface area contributed by atoms with Gasteiger partial charge in [-0.25, -0.2) is 23.4 Å². The average Bonchev–Trinajstić information content (AvgIpc) is 2.38. The van der Waals surface area contributed by atoms with E-state index in [1.165, 1.54) is 12.1 Å². The Morgan fingerprint density at radius 1 is 1.35 bits per heavy atom. The number of hydrogen-bond acceptors (Lipinski definition) is 6. The number of aromatic carboxylic acids is 1. The van der Waals surface area contributed by atoms with Gasteiger partial charge in [-0.15, -0.1) is 0 Å². The van der Waals surface area contributed by atoms with Crippen LogP contribution in [0.1, 0.15) is 10.4 Å². The lowest BCUT2D eigenvalue weighted by atomic mass is 10.2. The highest BCUT2D eigenvalue weighted by molar-refractivity contribution is 7.89. The second-order valence-electron chi connectivity index (χ2n) is 4.27. The number of hydrazine groups is 1. The van der Waals surface area contributed by atoms with Gasteiger partial charge in [-0.3, -0.25) is 0 Å². The van der Waals surface area contributed by atoms with Crippen LogP contribution in [0.25, 0.3) is 0 Å². The molecule has 8 nitrogen and oxygen atoms in total. The number of morpholine rings is 1. The van der Waals surface area contributed by atoms with Crippen molar-refractivity contribution in [2.75, 3.05) is 31.7 Å². The molecule has 0 bridgehead atoms. The van der Waals surface area contributed by atoms with E-state index in [4.69, 9.17) is 15.0 Å². The third-order valence-corrected chi connectivity index (χ3v) is 3.75. The highest BCUT2D eigenvalue weighted by Gasteiger charge is 2.18. The predicted octanol–water partition coefficient (Wildman–Crippen LogP) is -0.309. The monoisotopic (exact) mass is 301 g/mol. The van der Waals surface area contributed by atoms with Crippen LogP contribution in [0.15, 0.2) is 23.1 Å². The zero-order valence-corrected chi connectivity index (χ0v) is 11.4. The van der Waals surface area contributed by atoms with Gasteiger partial charge in [0.05, 0.1) is 29.4 Å². The Morgan fingerprint density at radius 2 is 2.00 bits per heavy atom. The van der Waals surface area contributed by atoms with Crippen LogP contribution in [0.5, 0.6) is 0 Å². The summed E-state index contributed by atoms with van der Waals surface area (Å²) in [6.07, 6.45) is 0. The number of sulfonamides is 1. The van der Waals surface area contributed by atoms with Crippen LogP contribution in [-0.2, 0) is 14.8 Å². The van der Waals surface area contributed by atoms with E-state index in [1.807, 2.05) is 5.01 Å². The van der Waals surface area contributed by atoms with Crippen molar-refractivity contribution in [1.29, 1.82) is 0 Å². The van der Waals surface area contributed by atoms with Crippen LogP contribution in [-0.4, -0.2) is 50.8 Å². The lowest BCUT2D eigenvalue weighted by molar-refractivity contribution is 0.0495. The summed E-state index contributed by atoms with van der Waals surface area (Å²) < 4.78 is 27.7. The van der Waals surface area contributed by atoms with E-state index >= 15 is 0 Å². The molecule has 0 radical (unpaired) electrons. The molecular weight excluding hydrogens is 286 g/mol. The van der Waals surface area contributed by atoms with Crippen molar-refractivity contribution in [3.63, 3.8) is 0 Å². The summed E-state index contributed by atoms with van der Waals surface area (Å²) in [7, 11) is -3.93. The fourth-order valence-corrected chi connectivity index (χ4v) is 2.36. The maximum absolute atomic E-state index is 11.2. The number of rotatable bonds is 4. The van der Waals surface area contributed by atoms with E-state index in [9.17, 15) is 13.2 Å². The van der Waals surface area contributed by atoms with Crippen LogP contribution in [0.3, 0.4) is 0 Å². The van der Waals surface area contributed by atoms with Crippen LogP contribution in [0, 0.1) is 0 Å².